The van der Waals surface area contributed by atoms with Crippen molar-refractivity contribution < 1.29 is 17.9 Å². The standard InChI is InChI=1S/C22H26N2O4S/c25-22(23-14-17-28-21-9-5-2-6-10-21)20-11-15-24(16-12-20)29(26,27)18-13-19-7-3-1-4-8-19/h1-10,13,18,20H,11-12,14-17H2,(H,23,25)/b18-13-. The molecule has 1 N–H and O–H groups in total. The summed E-state index contributed by atoms with van der Waals surface area (Å²) >= 11 is 0. The van der Waals surface area contributed by atoms with E-state index < -0.39 is 10.0 Å². The van der Waals surface area contributed by atoms with Gasteiger partial charge >= 0.3 is 0 Å². The van der Waals surface area contributed by atoms with Crippen LogP contribution in [0.25, 0.3) is 6.08 Å². The van der Waals surface area contributed by atoms with Crippen molar-refractivity contribution in [3.63, 3.8) is 0 Å². The lowest BCUT2D eigenvalue weighted by molar-refractivity contribution is -0.126. The topological polar surface area (TPSA) is 75.7 Å². The molecule has 154 valence electrons. The van der Waals surface area contributed by atoms with Crippen LogP contribution in [0.2, 0.25) is 0 Å². The summed E-state index contributed by atoms with van der Waals surface area (Å²) in [6.07, 6.45) is 2.63. The van der Waals surface area contributed by atoms with Gasteiger partial charge in [-0.1, -0.05) is 48.5 Å². The number of piperidine rings is 1. The van der Waals surface area contributed by atoms with Crippen molar-refractivity contribution in [3.8, 4) is 5.75 Å². The molecule has 6 nitrogen and oxygen atoms in total. The molecule has 1 aliphatic heterocycles. The zero-order valence-corrected chi connectivity index (χ0v) is 17.1. The number of benzene rings is 2. The first-order valence-corrected chi connectivity index (χ1v) is 11.2. The van der Waals surface area contributed by atoms with Crippen LogP contribution in [0.1, 0.15) is 18.4 Å². The van der Waals surface area contributed by atoms with E-state index in [9.17, 15) is 13.2 Å². The van der Waals surface area contributed by atoms with Crippen LogP contribution >= 0.6 is 0 Å². The van der Waals surface area contributed by atoms with E-state index in [1.807, 2.05) is 60.7 Å². The van der Waals surface area contributed by atoms with E-state index in [0.717, 1.165) is 11.3 Å². The van der Waals surface area contributed by atoms with Gasteiger partial charge in [-0.25, -0.2) is 8.42 Å². The van der Waals surface area contributed by atoms with Gasteiger partial charge in [-0.15, -0.1) is 0 Å². The molecule has 0 atom stereocenters. The molecule has 0 aromatic heterocycles. The van der Waals surface area contributed by atoms with Gasteiger partial charge < -0.3 is 10.1 Å². The van der Waals surface area contributed by atoms with Crippen LogP contribution in [0.15, 0.2) is 66.1 Å². The predicted octanol–water partition coefficient (Wildman–Crippen LogP) is 2.89. The first-order chi connectivity index (χ1) is 14.0. The summed E-state index contributed by atoms with van der Waals surface area (Å²) in [5.41, 5.74) is 0.836. The zero-order valence-electron chi connectivity index (χ0n) is 16.2. The Balaban J connectivity index is 1.41. The highest BCUT2D eigenvalue weighted by molar-refractivity contribution is 7.92. The average molecular weight is 415 g/mol. The number of hydrogen-bond donors (Lipinski definition) is 1. The van der Waals surface area contributed by atoms with Crippen LogP contribution in [-0.4, -0.2) is 44.9 Å². The number of sulfonamides is 1. The summed E-state index contributed by atoms with van der Waals surface area (Å²) in [5, 5.41) is 4.12. The van der Waals surface area contributed by atoms with Crippen molar-refractivity contribution in [2.45, 2.75) is 12.8 Å². The van der Waals surface area contributed by atoms with E-state index in [1.54, 1.807) is 6.08 Å². The fourth-order valence-electron chi connectivity index (χ4n) is 3.19. The Hall–Kier alpha value is -2.64. The highest BCUT2D eigenvalue weighted by Crippen LogP contribution is 2.21. The van der Waals surface area contributed by atoms with E-state index in [0.29, 0.717) is 39.1 Å². The fourth-order valence-corrected chi connectivity index (χ4v) is 4.41. The van der Waals surface area contributed by atoms with Crippen LogP contribution in [-0.2, 0) is 14.8 Å². The Morgan fingerprint density at radius 3 is 2.31 bits per heavy atom. The van der Waals surface area contributed by atoms with Gasteiger partial charge in [0, 0.05) is 24.4 Å². The van der Waals surface area contributed by atoms with E-state index in [-0.39, 0.29) is 11.8 Å². The molecule has 0 bridgehead atoms. The van der Waals surface area contributed by atoms with Gasteiger partial charge in [0.15, 0.2) is 0 Å². The SMILES string of the molecule is O=C(NCCOc1ccccc1)C1CCN(S(=O)(=O)/C=C\c2ccccc2)CC1. The molecule has 7 heteroatoms. The Morgan fingerprint density at radius 1 is 1.03 bits per heavy atom. The van der Waals surface area contributed by atoms with Crippen molar-refractivity contribution in [3.05, 3.63) is 71.6 Å². The first kappa shape index (κ1) is 21.1. The molecule has 0 spiro atoms. The third kappa shape index (κ3) is 6.44. The average Bonchev–Trinajstić information content (AvgIpc) is 2.77. The molecule has 1 amide bonds. The molecule has 29 heavy (non-hydrogen) atoms. The molecule has 0 radical (unpaired) electrons. The van der Waals surface area contributed by atoms with E-state index >= 15 is 0 Å². The highest BCUT2D eigenvalue weighted by Gasteiger charge is 2.29. The minimum Gasteiger partial charge on any atom is -0.492 e. The quantitative estimate of drug-likeness (QED) is 0.674. The maximum absolute atomic E-state index is 12.5. The lowest BCUT2D eigenvalue weighted by Gasteiger charge is -2.29. The molecular formula is C22H26N2O4S. The summed E-state index contributed by atoms with van der Waals surface area (Å²) in [5.74, 6) is 0.554. The number of nitrogens with one attached hydrogen (secondary N) is 1. The van der Waals surface area contributed by atoms with Gasteiger partial charge in [0.2, 0.25) is 15.9 Å². The normalized spacial score (nSPS) is 16.0. The summed E-state index contributed by atoms with van der Waals surface area (Å²) in [6, 6.07) is 18.7. The summed E-state index contributed by atoms with van der Waals surface area (Å²) in [7, 11) is -3.48. The monoisotopic (exact) mass is 414 g/mol. The molecule has 0 saturated carbocycles. The highest BCUT2D eigenvalue weighted by atomic mass is 32.2. The van der Waals surface area contributed by atoms with Crippen LogP contribution in [0.5, 0.6) is 5.75 Å². The Morgan fingerprint density at radius 2 is 1.66 bits per heavy atom. The number of para-hydroxylation sites is 1. The molecule has 0 unspecified atom stereocenters. The second-order valence-electron chi connectivity index (χ2n) is 6.88. The third-order valence-corrected chi connectivity index (χ3v) is 6.39. The second kappa shape index (κ2) is 10.2. The molecule has 1 saturated heterocycles. The van der Waals surface area contributed by atoms with Crippen LogP contribution < -0.4 is 10.1 Å². The molecule has 1 fully saturated rings. The molecule has 2 aromatic rings. The molecule has 3 rings (SSSR count). The number of amides is 1. The molecule has 1 aliphatic rings. The Labute approximate surface area is 172 Å². The fraction of sp³-hybridized carbons (Fsp3) is 0.318. The van der Waals surface area contributed by atoms with Crippen molar-refractivity contribution in [2.75, 3.05) is 26.2 Å². The number of carbonyl (C=O) groups excluding carboxylic acids is 1. The van der Waals surface area contributed by atoms with Gasteiger partial charge in [-0.3, -0.25) is 4.79 Å². The van der Waals surface area contributed by atoms with Gasteiger partial charge in [0.25, 0.3) is 0 Å². The van der Waals surface area contributed by atoms with Crippen LogP contribution in [0.3, 0.4) is 0 Å². The van der Waals surface area contributed by atoms with Gasteiger partial charge in [0.1, 0.15) is 12.4 Å². The number of rotatable bonds is 8. The third-order valence-electron chi connectivity index (χ3n) is 4.83. The van der Waals surface area contributed by atoms with Gasteiger partial charge in [-0.2, -0.15) is 4.31 Å². The number of ether oxygens (including phenoxy) is 1. The summed E-state index contributed by atoms with van der Waals surface area (Å²) < 4.78 is 32.0. The van der Waals surface area contributed by atoms with Crippen molar-refractivity contribution in [1.29, 1.82) is 0 Å². The first-order valence-electron chi connectivity index (χ1n) is 9.73. The molecular weight excluding hydrogens is 388 g/mol. The van der Waals surface area contributed by atoms with Crippen LogP contribution in [0, 0.1) is 5.92 Å². The minimum absolute atomic E-state index is 0.0430. The van der Waals surface area contributed by atoms with Crippen molar-refractivity contribution in [1.82, 2.24) is 9.62 Å². The minimum atomic E-state index is -3.48. The molecule has 2 aromatic carbocycles. The Kier molecular flexibility index (Phi) is 7.43. The number of carbonyl (C=O) groups is 1. The lowest BCUT2D eigenvalue weighted by atomic mass is 9.97. The number of hydrogen-bond acceptors (Lipinski definition) is 4. The Bertz CT molecular complexity index is 906. The maximum atomic E-state index is 12.5. The van der Waals surface area contributed by atoms with E-state index in [4.69, 9.17) is 4.74 Å². The largest absolute Gasteiger partial charge is 0.492 e. The second-order valence-corrected chi connectivity index (χ2v) is 8.70. The molecule has 1 heterocycles. The van der Waals surface area contributed by atoms with Gasteiger partial charge in [0.05, 0.1) is 6.54 Å². The van der Waals surface area contributed by atoms with Crippen LogP contribution in [0.4, 0.5) is 0 Å². The number of nitrogens with zero attached hydrogens (tertiary/aromatic N) is 1. The van der Waals surface area contributed by atoms with Crippen molar-refractivity contribution in [2.24, 2.45) is 5.92 Å². The maximum Gasteiger partial charge on any atom is 0.236 e. The zero-order chi connectivity index (χ0) is 20.5. The molecule has 0 aliphatic carbocycles. The van der Waals surface area contributed by atoms with Crippen molar-refractivity contribution >= 4 is 22.0 Å². The van der Waals surface area contributed by atoms with E-state index in [1.165, 1.54) is 9.71 Å². The smallest absolute Gasteiger partial charge is 0.236 e. The summed E-state index contributed by atoms with van der Waals surface area (Å²) in [4.78, 5) is 12.3. The predicted molar refractivity (Wildman–Crippen MR) is 114 cm³/mol. The summed E-state index contributed by atoms with van der Waals surface area (Å²) in [6.45, 7) is 1.51. The van der Waals surface area contributed by atoms with Gasteiger partial charge in [-0.05, 0) is 36.6 Å². The van der Waals surface area contributed by atoms with E-state index in [2.05, 4.69) is 5.32 Å². The lowest BCUT2D eigenvalue weighted by Crippen LogP contribution is -2.43.